The summed E-state index contributed by atoms with van der Waals surface area (Å²) in [5.74, 6) is 1.69. The van der Waals surface area contributed by atoms with E-state index in [1.807, 2.05) is 30.3 Å². The molecule has 9 heteroatoms. The highest BCUT2D eigenvalue weighted by atomic mass is 16.5. The molecule has 1 N–H and O–H groups in total. The highest BCUT2D eigenvalue weighted by Crippen LogP contribution is 2.46. The number of benzene rings is 2. The molecule has 3 saturated heterocycles. The van der Waals surface area contributed by atoms with Gasteiger partial charge in [-0.05, 0) is 74.4 Å². The maximum atomic E-state index is 14.0. The molecule has 41 heavy (non-hydrogen) atoms. The number of hydrogen-bond donors (Lipinski definition) is 1. The lowest BCUT2D eigenvalue weighted by Crippen LogP contribution is -2.44. The van der Waals surface area contributed by atoms with Crippen LogP contribution in [0.4, 0.5) is 5.69 Å². The van der Waals surface area contributed by atoms with E-state index in [0.29, 0.717) is 56.5 Å². The maximum Gasteiger partial charge on any atom is 0.256 e. The highest BCUT2D eigenvalue weighted by Gasteiger charge is 2.44. The Morgan fingerprint density at radius 2 is 1.85 bits per heavy atom. The average molecular weight is 563 g/mol. The monoisotopic (exact) mass is 562 g/mol. The quantitative estimate of drug-likeness (QED) is 0.613. The minimum Gasteiger partial charge on any atom is -0.493 e. The number of carbonyl (C=O) groups excluding carboxylic acids is 2. The molecule has 0 unspecified atom stereocenters. The number of nitrogens with zero attached hydrogens (tertiary/aromatic N) is 3. The summed E-state index contributed by atoms with van der Waals surface area (Å²) in [4.78, 5) is 33.8. The lowest BCUT2D eigenvalue weighted by Gasteiger charge is -2.31. The number of carbonyl (C=O) groups is 2. The maximum absolute atomic E-state index is 14.0. The van der Waals surface area contributed by atoms with Crippen molar-refractivity contribution in [2.24, 2.45) is 5.92 Å². The number of anilines is 1. The molecule has 0 saturated carbocycles. The Morgan fingerprint density at radius 3 is 2.71 bits per heavy atom. The van der Waals surface area contributed by atoms with Gasteiger partial charge < -0.3 is 29.3 Å². The second-order valence-electron chi connectivity index (χ2n) is 11.6. The van der Waals surface area contributed by atoms with Gasteiger partial charge in [-0.15, -0.1) is 0 Å². The van der Waals surface area contributed by atoms with Crippen molar-refractivity contribution in [1.29, 1.82) is 0 Å². The number of hydrogen-bond acceptors (Lipinski definition) is 7. The van der Waals surface area contributed by atoms with Gasteiger partial charge in [-0.1, -0.05) is 18.2 Å². The van der Waals surface area contributed by atoms with Gasteiger partial charge in [0.2, 0.25) is 5.91 Å². The van der Waals surface area contributed by atoms with Gasteiger partial charge in [0.15, 0.2) is 11.5 Å². The van der Waals surface area contributed by atoms with Crippen LogP contribution in [0.15, 0.2) is 42.5 Å². The van der Waals surface area contributed by atoms with Crippen molar-refractivity contribution < 1.29 is 23.8 Å². The first-order chi connectivity index (χ1) is 20.1. The van der Waals surface area contributed by atoms with Crippen LogP contribution in [0.25, 0.3) is 0 Å². The molecule has 0 spiro atoms. The normalized spacial score (nSPS) is 25.8. The number of rotatable bonds is 3. The topological polar surface area (TPSA) is 83.6 Å². The predicted octanol–water partition coefficient (Wildman–Crippen LogP) is 3.49. The molecule has 3 atom stereocenters. The molecule has 3 fully saturated rings. The van der Waals surface area contributed by atoms with Crippen molar-refractivity contribution in [2.45, 2.75) is 44.2 Å². The molecular formula is C32H42N4O5. The van der Waals surface area contributed by atoms with Crippen LogP contribution in [-0.2, 0) is 9.53 Å². The van der Waals surface area contributed by atoms with E-state index >= 15 is 0 Å². The van der Waals surface area contributed by atoms with E-state index in [9.17, 15) is 9.59 Å². The first kappa shape index (κ1) is 27.8. The Kier molecular flexibility index (Phi) is 8.62. The third kappa shape index (κ3) is 6.02. The molecule has 4 aliphatic rings. The van der Waals surface area contributed by atoms with Crippen LogP contribution in [0.2, 0.25) is 0 Å². The summed E-state index contributed by atoms with van der Waals surface area (Å²) in [6.45, 7) is 5.51. The summed E-state index contributed by atoms with van der Waals surface area (Å²) < 4.78 is 17.4. The van der Waals surface area contributed by atoms with E-state index in [0.717, 1.165) is 62.5 Å². The first-order valence-corrected chi connectivity index (χ1v) is 15.2. The molecule has 6 rings (SSSR count). The minimum atomic E-state index is -0.110. The van der Waals surface area contributed by atoms with Gasteiger partial charge in [0.1, 0.15) is 0 Å². The van der Waals surface area contributed by atoms with Gasteiger partial charge in [-0.25, -0.2) is 0 Å². The van der Waals surface area contributed by atoms with Gasteiger partial charge in [0.25, 0.3) is 5.91 Å². The van der Waals surface area contributed by atoms with Gasteiger partial charge in [-0.3, -0.25) is 14.5 Å². The van der Waals surface area contributed by atoms with E-state index in [1.54, 1.807) is 12.0 Å². The number of para-hydroxylation sites is 1. The Bertz CT molecular complexity index is 1230. The molecule has 220 valence electrons. The number of amides is 2. The number of nitrogens with one attached hydrogen (secondary N) is 1. The van der Waals surface area contributed by atoms with Crippen molar-refractivity contribution in [2.75, 3.05) is 71.1 Å². The Balaban J connectivity index is 1.23. The van der Waals surface area contributed by atoms with E-state index in [2.05, 4.69) is 27.2 Å². The Hall–Kier alpha value is -3.30. The summed E-state index contributed by atoms with van der Waals surface area (Å²) in [6.07, 6.45) is 4.80. The van der Waals surface area contributed by atoms with Crippen LogP contribution in [0.3, 0.4) is 0 Å². The molecule has 9 nitrogen and oxygen atoms in total. The lowest BCUT2D eigenvalue weighted by atomic mass is 9.94. The van der Waals surface area contributed by atoms with Crippen LogP contribution in [0, 0.1) is 5.92 Å². The smallest absolute Gasteiger partial charge is 0.256 e. The van der Waals surface area contributed by atoms with Crippen molar-refractivity contribution >= 4 is 17.5 Å². The summed E-state index contributed by atoms with van der Waals surface area (Å²) in [6, 6.07) is 14.8. The number of morpholine rings is 1. The van der Waals surface area contributed by atoms with Crippen LogP contribution >= 0.6 is 0 Å². The van der Waals surface area contributed by atoms with Crippen molar-refractivity contribution in [3.8, 4) is 11.5 Å². The molecular weight excluding hydrogens is 520 g/mol. The zero-order chi connectivity index (χ0) is 28.2. The van der Waals surface area contributed by atoms with Gasteiger partial charge in [-0.2, -0.15) is 0 Å². The average Bonchev–Trinajstić information content (AvgIpc) is 3.62. The second-order valence-corrected chi connectivity index (χ2v) is 11.6. The van der Waals surface area contributed by atoms with Crippen molar-refractivity contribution in [3.05, 3.63) is 53.6 Å². The fourth-order valence-corrected chi connectivity index (χ4v) is 7.07. The fraction of sp³-hybridized carbons (Fsp3) is 0.562. The molecule has 0 aromatic heterocycles. The summed E-state index contributed by atoms with van der Waals surface area (Å²) >= 11 is 0. The van der Waals surface area contributed by atoms with E-state index < -0.39 is 0 Å². The lowest BCUT2D eigenvalue weighted by molar-refractivity contribution is -0.122. The zero-order valence-corrected chi connectivity index (χ0v) is 24.1. The largest absolute Gasteiger partial charge is 0.493 e. The highest BCUT2D eigenvalue weighted by molar-refractivity contribution is 6.01. The molecule has 4 bridgehead atoms. The Morgan fingerprint density at radius 1 is 1.00 bits per heavy atom. The van der Waals surface area contributed by atoms with Gasteiger partial charge >= 0.3 is 0 Å². The summed E-state index contributed by atoms with van der Waals surface area (Å²) in [5.41, 5.74) is 2.79. The molecule has 2 aromatic carbocycles. The Labute approximate surface area is 242 Å². The van der Waals surface area contributed by atoms with E-state index in [-0.39, 0.29) is 18.4 Å². The first-order valence-electron chi connectivity index (χ1n) is 15.2. The zero-order valence-electron chi connectivity index (χ0n) is 24.1. The van der Waals surface area contributed by atoms with Gasteiger partial charge in [0, 0.05) is 44.0 Å². The molecule has 0 radical (unpaired) electrons. The standard InChI is InChI=1S/C32H42N4O5/c1-39-29-11-10-23-20-30(29)41-16-5-4-12-35(22-31(37)33-21-24-19-28(23)36-13-6-9-26(24)36)32(38)25-7-2-3-8-27(25)34-14-17-40-18-15-34/h2-3,7-8,10-11,20,24,26,28H,4-6,9,12-19,21-22H2,1H3,(H,33,37)/t24-,26+,28-/m1/s1. The summed E-state index contributed by atoms with van der Waals surface area (Å²) in [7, 11) is 1.68. The fourth-order valence-electron chi connectivity index (χ4n) is 7.07. The molecule has 2 amide bonds. The van der Waals surface area contributed by atoms with Crippen LogP contribution in [-0.4, -0.2) is 93.9 Å². The molecule has 0 aliphatic carbocycles. The van der Waals surface area contributed by atoms with Crippen LogP contribution in [0.1, 0.15) is 54.1 Å². The van der Waals surface area contributed by atoms with E-state index in [1.165, 1.54) is 12.0 Å². The van der Waals surface area contributed by atoms with E-state index in [4.69, 9.17) is 14.2 Å². The minimum absolute atomic E-state index is 0.0501. The SMILES string of the molecule is COc1ccc2cc1OCCCCN(C(=O)c1ccccc1N1CCOCC1)CC(=O)NC[C@H]1C[C@H]2N2CCC[C@@H]12. The summed E-state index contributed by atoms with van der Waals surface area (Å²) in [5, 5.41) is 3.21. The van der Waals surface area contributed by atoms with Crippen LogP contribution < -0.4 is 19.7 Å². The van der Waals surface area contributed by atoms with Crippen LogP contribution in [0.5, 0.6) is 11.5 Å². The van der Waals surface area contributed by atoms with Crippen molar-refractivity contribution in [3.63, 3.8) is 0 Å². The molecule has 2 aromatic rings. The second kappa shape index (κ2) is 12.7. The predicted molar refractivity (Wildman–Crippen MR) is 157 cm³/mol. The van der Waals surface area contributed by atoms with Gasteiger partial charge in [0.05, 0.1) is 39.0 Å². The molecule has 4 aliphatic heterocycles. The number of fused-ring (bicyclic) bond motifs is 8. The number of methoxy groups -OCH3 is 1. The van der Waals surface area contributed by atoms with Crippen molar-refractivity contribution in [1.82, 2.24) is 15.1 Å². The third-order valence-corrected chi connectivity index (χ3v) is 9.13. The third-order valence-electron chi connectivity index (χ3n) is 9.13. The number of ether oxygens (including phenoxy) is 3. The molecule has 4 heterocycles.